The number of rotatable bonds is 4. The second kappa shape index (κ2) is 7.05. The van der Waals surface area contributed by atoms with Crippen LogP contribution in [0, 0.1) is 17.3 Å². The summed E-state index contributed by atoms with van der Waals surface area (Å²) >= 11 is 0. The zero-order valence-electron chi connectivity index (χ0n) is 18.6. The Morgan fingerprint density at radius 2 is 2.10 bits per heavy atom. The number of benzene rings is 1. The summed E-state index contributed by atoms with van der Waals surface area (Å²) in [5, 5.41) is 0. The van der Waals surface area contributed by atoms with Crippen LogP contribution in [0.4, 0.5) is 5.69 Å². The first kappa shape index (κ1) is 20.5. The molecule has 0 amide bonds. The molecule has 4 heterocycles. The van der Waals surface area contributed by atoms with E-state index in [1.165, 1.54) is 14.0 Å². The molecule has 6 rings (SSSR count). The minimum absolute atomic E-state index is 0.00217. The SMILES string of the molecule is CC[C@H]1C[C@H]2CN3CC[C@@]4(OC(C)=O)C(=Nc5ccc(OC)cc54)[C@](C(=O)OC)(C2)[C@H]13. The third-order valence-corrected chi connectivity index (χ3v) is 7.90. The molecule has 1 aromatic rings. The highest BCUT2D eigenvalue weighted by Gasteiger charge is 2.69. The van der Waals surface area contributed by atoms with Gasteiger partial charge in [0, 0.05) is 38.0 Å². The van der Waals surface area contributed by atoms with Crippen LogP contribution in [0.15, 0.2) is 23.2 Å². The lowest BCUT2D eigenvalue weighted by Crippen LogP contribution is -2.68. The van der Waals surface area contributed by atoms with Crippen molar-refractivity contribution in [1.29, 1.82) is 0 Å². The van der Waals surface area contributed by atoms with E-state index < -0.39 is 11.0 Å². The van der Waals surface area contributed by atoms with Gasteiger partial charge in [-0.2, -0.15) is 0 Å². The lowest BCUT2D eigenvalue weighted by Gasteiger charge is -2.58. The lowest BCUT2D eigenvalue weighted by molar-refractivity contribution is -0.165. The van der Waals surface area contributed by atoms with E-state index >= 15 is 0 Å². The van der Waals surface area contributed by atoms with Crippen molar-refractivity contribution in [2.75, 3.05) is 27.3 Å². The van der Waals surface area contributed by atoms with Gasteiger partial charge in [-0.3, -0.25) is 19.5 Å². The van der Waals surface area contributed by atoms with Gasteiger partial charge in [0.2, 0.25) is 0 Å². The van der Waals surface area contributed by atoms with Gasteiger partial charge in [0.1, 0.15) is 11.2 Å². The van der Waals surface area contributed by atoms with Crippen LogP contribution >= 0.6 is 0 Å². The van der Waals surface area contributed by atoms with Crippen LogP contribution in [0.1, 0.15) is 45.1 Å². The van der Waals surface area contributed by atoms with Gasteiger partial charge in [-0.25, -0.2) is 0 Å². The zero-order chi connectivity index (χ0) is 22.0. The van der Waals surface area contributed by atoms with Crippen molar-refractivity contribution in [1.82, 2.24) is 4.90 Å². The van der Waals surface area contributed by atoms with E-state index in [0.717, 1.165) is 37.2 Å². The lowest BCUT2D eigenvalue weighted by atomic mass is 9.54. The number of carbonyl (C=O) groups is 2. The van der Waals surface area contributed by atoms with Crippen molar-refractivity contribution in [3.8, 4) is 5.75 Å². The maximum absolute atomic E-state index is 13.7. The quantitative estimate of drug-likeness (QED) is 0.688. The number of nitrogens with zero attached hydrogens (tertiary/aromatic N) is 2. The van der Waals surface area contributed by atoms with Crippen LogP contribution in [0.25, 0.3) is 0 Å². The molecule has 1 aromatic carbocycles. The number of fused-ring (bicyclic) bond motifs is 4. The molecule has 3 saturated heterocycles. The van der Waals surface area contributed by atoms with Gasteiger partial charge in [0.15, 0.2) is 5.60 Å². The molecule has 31 heavy (non-hydrogen) atoms. The second-order valence-corrected chi connectivity index (χ2v) is 9.39. The molecule has 0 N–H and O–H groups in total. The molecule has 1 saturated carbocycles. The summed E-state index contributed by atoms with van der Waals surface area (Å²) in [5.74, 6) is 0.799. The topological polar surface area (TPSA) is 77.4 Å². The summed E-state index contributed by atoms with van der Waals surface area (Å²) in [6.45, 7) is 5.32. The normalized spacial score (nSPS) is 37.2. The summed E-state index contributed by atoms with van der Waals surface area (Å²) in [5.41, 5.74) is 0.192. The summed E-state index contributed by atoms with van der Waals surface area (Å²) in [6.07, 6.45) is 3.35. The molecular formula is C24H30N2O5. The van der Waals surface area contributed by atoms with Crippen LogP contribution < -0.4 is 4.74 Å². The van der Waals surface area contributed by atoms with E-state index in [0.29, 0.717) is 36.1 Å². The Kier molecular flexibility index (Phi) is 4.66. The molecule has 6 atom stereocenters. The van der Waals surface area contributed by atoms with Crippen LogP contribution in [0.5, 0.6) is 5.75 Å². The van der Waals surface area contributed by atoms with Crippen molar-refractivity contribution < 1.29 is 23.8 Å². The van der Waals surface area contributed by atoms with E-state index in [2.05, 4.69) is 11.8 Å². The minimum Gasteiger partial charge on any atom is -0.497 e. The highest BCUT2D eigenvalue weighted by molar-refractivity contribution is 6.16. The summed E-state index contributed by atoms with van der Waals surface area (Å²) < 4.78 is 17.1. The average molecular weight is 427 g/mol. The fourth-order valence-corrected chi connectivity index (χ4v) is 6.97. The predicted octanol–water partition coefficient (Wildman–Crippen LogP) is 3.22. The molecule has 5 aliphatic rings. The maximum atomic E-state index is 13.7. The summed E-state index contributed by atoms with van der Waals surface area (Å²) in [6, 6.07) is 5.65. The summed E-state index contributed by atoms with van der Waals surface area (Å²) in [4.78, 5) is 33.5. The van der Waals surface area contributed by atoms with E-state index in [-0.39, 0.29) is 18.0 Å². The number of hydrogen-bond acceptors (Lipinski definition) is 7. The standard InChI is InChI=1S/C24H30N2O5/c1-5-16-10-15-12-23(22(28)30-4)20(16)26(13-15)9-8-24(31-14(2)27)18-11-17(29-3)6-7-19(18)25-21(23)24/h6-7,11,15-16,20H,5,8-10,12-13H2,1-4H3/t15-,16+,20+,23+,24+/m1/s1. The monoisotopic (exact) mass is 426 g/mol. The third-order valence-electron chi connectivity index (χ3n) is 7.90. The van der Waals surface area contributed by atoms with Crippen molar-refractivity contribution in [2.24, 2.45) is 22.2 Å². The predicted molar refractivity (Wildman–Crippen MR) is 114 cm³/mol. The molecule has 0 radical (unpaired) electrons. The van der Waals surface area contributed by atoms with Gasteiger partial charge < -0.3 is 14.2 Å². The molecule has 166 valence electrons. The molecule has 0 aromatic heterocycles. The van der Waals surface area contributed by atoms with Gasteiger partial charge in [-0.15, -0.1) is 0 Å². The third kappa shape index (κ3) is 2.65. The number of ether oxygens (including phenoxy) is 3. The van der Waals surface area contributed by atoms with Crippen molar-refractivity contribution in [2.45, 2.75) is 51.2 Å². The number of hydrogen-bond donors (Lipinski definition) is 0. The zero-order valence-corrected chi connectivity index (χ0v) is 18.6. The Morgan fingerprint density at radius 1 is 1.29 bits per heavy atom. The Balaban J connectivity index is 1.78. The van der Waals surface area contributed by atoms with Gasteiger partial charge in [0.05, 0.1) is 25.6 Å². The van der Waals surface area contributed by atoms with Crippen LogP contribution in [0.2, 0.25) is 0 Å². The Morgan fingerprint density at radius 3 is 2.77 bits per heavy atom. The van der Waals surface area contributed by atoms with Crippen molar-refractivity contribution in [3.63, 3.8) is 0 Å². The number of piperidine rings is 2. The largest absolute Gasteiger partial charge is 0.497 e. The molecule has 4 aliphatic heterocycles. The van der Waals surface area contributed by atoms with E-state index in [4.69, 9.17) is 19.2 Å². The Hall–Kier alpha value is -2.41. The Bertz CT molecular complexity index is 975. The number of esters is 2. The number of carbonyl (C=O) groups excluding carboxylic acids is 2. The molecule has 0 spiro atoms. The molecule has 1 unspecified atom stereocenters. The maximum Gasteiger partial charge on any atom is 0.319 e. The first-order valence-electron chi connectivity index (χ1n) is 11.2. The second-order valence-electron chi connectivity index (χ2n) is 9.39. The average Bonchev–Trinajstić information content (AvgIpc) is 3.05. The first-order valence-corrected chi connectivity index (χ1v) is 11.2. The van der Waals surface area contributed by atoms with E-state index in [9.17, 15) is 9.59 Å². The first-order chi connectivity index (χ1) is 14.9. The summed E-state index contributed by atoms with van der Waals surface area (Å²) in [7, 11) is 3.07. The highest BCUT2D eigenvalue weighted by atomic mass is 16.6. The molecular weight excluding hydrogens is 396 g/mol. The fourth-order valence-electron chi connectivity index (χ4n) is 6.97. The molecule has 4 bridgehead atoms. The minimum atomic E-state index is -1.08. The number of methoxy groups -OCH3 is 2. The van der Waals surface area contributed by atoms with E-state index in [1.807, 2.05) is 18.2 Å². The van der Waals surface area contributed by atoms with Crippen molar-refractivity contribution >= 4 is 23.3 Å². The molecule has 7 heteroatoms. The molecule has 4 fully saturated rings. The number of aliphatic imine (C=N–C) groups is 1. The van der Waals surface area contributed by atoms with Gasteiger partial charge >= 0.3 is 11.9 Å². The molecule has 7 nitrogen and oxygen atoms in total. The smallest absolute Gasteiger partial charge is 0.319 e. The molecule has 1 aliphatic carbocycles. The van der Waals surface area contributed by atoms with Crippen LogP contribution in [0.3, 0.4) is 0 Å². The van der Waals surface area contributed by atoms with Crippen LogP contribution in [-0.2, 0) is 24.7 Å². The van der Waals surface area contributed by atoms with Gasteiger partial charge in [0.25, 0.3) is 0 Å². The van der Waals surface area contributed by atoms with Crippen molar-refractivity contribution in [3.05, 3.63) is 23.8 Å². The Labute approximate surface area is 182 Å². The highest BCUT2D eigenvalue weighted by Crippen LogP contribution is 2.61. The van der Waals surface area contributed by atoms with E-state index in [1.54, 1.807) is 7.11 Å². The van der Waals surface area contributed by atoms with Gasteiger partial charge in [-0.05, 0) is 42.9 Å². The van der Waals surface area contributed by atoms with Crippen LogP contribution in [-0.4, -0.2) is 55.9 Å². The van der Waals surface area contributed by atoms with Gasteiger partial charge in [-0.1, -0.05) is 13.3 Å². The fraction of sp³-hybridized carbons (Fsp3) is 0.625.